The summed E-state index contributed by atoms with van der Waals surface area (Å²) >= 11 is 0. The van der Waals surface area contributed by atoms with Gasteiger partial charge in [0.05, 0.1) is 11.0 Å². The molecule has 0 aliphatic carbocycles. The van der Waals surface area contributed by atoms with Crippen LogP contribution >= 0.6 is 0 Å². The maximum atomic E-state index is 9.17. The summed E-state index contributed by atoms with van der Waals surface area (Å²) in [5.41, 5.74) is 10.1. The monoisotopic (exact) mass is 811 g/mol. The molecule has 0 atom stereocenters. The number of hydrogen-bond acceptors (Lipinski definition) is 6. The molecule has 0 radical (unpaired) electrons. The van der Waals surface area contributed by atoms with Crippen LogP contribution in [0.25, 0.3) is 73.4 Å². The number of benzene rings is 7. The zero-order valence-electron chi connectivity index (χ0n) is 33.9. The smallest absolute Gasteiger partial charge is 0.164 e. The molecule has 63 heavy (non-hydrogen) atoms. The quantitative estimate of drug-likeness (QED) is 0.115. The number of hydrogen-bond donors (Lipinski definition) is 1. The minimum atomic E-state index is 0.0695. The molecule has 3 aromatic heterocycles. The van der Waals surface area contributed by atoms with Crippen molar-refractivity contribution < 1.29 is 0 Å². The summed E-state index contributed by atoms with van der Waals surface area (Å²) in [5.74, 6) is 2.61. The lowest BCUT2D eigenvalue weighted by atomic mass is 10.0. The maximum Gasteiger partial charge on any atom is 0.164 e. The van der Waals surface area contributed by atoms with Crippen molar-refractivity contribution in [2.45, 2.75) is 0 Å². The van der Waals surface area contributed by atoms with Gasteiger partial charge in [0.1, 0.15) is 5.82 Å². The maximum absolute atomic E-state index is 9.17. The van der Waals surface area contributed by atoms with E-state index >= 15 is 0 Å². The predicted molar refractivity (Wildman–Crippen MR) is 253 cm³/mol. The first-order valence-electron chi connectivity index (χ1n) is 20.5. The highest BCUT2D eigenvalue weighted by molar-refractivity contribution is 6.14. The van der Waals surface area contributed by atoms with Crippen molar-refractivity contribution in [2.75, 3.05) is 0 Å². The highest BCUT2D eigenvalue weighted by atomic mass is 15.1. The Kier molecular flexibility index (Phi) is 10.6. The van der Waals surface area contributed by atoms with Gasteiger partial charge < -0.3 is 0 Å². The van der Waals surface area contributed by atoms with Gasteiger partial charge in [-0.25, -0.2) is 29.9 Å². The zero-order chi connectivity index (χ0) is 42.4. The van der Waals surface area contributed by atoms with Crippen LogP contribution in [0, 0.1) is 5.41 Å². The molecule has 0 saturated heterocycles. The number of pyridine rings is 1. The zero-order valence-corrected chi connectivity index (χ0v) is 33.9. The van der Waals surface area contributed by atoms with E-state index in [0.29, 0.717) is 45.8 Å². The molecule has 9 nitrogen and oxygen atoms in total. The van der Waals surface area contributed by atoms with Crippen molar-refractivity contribution in [1.82, 2.24) is 29.5 Å². The Balaban J connectivity index is 1.24. The van der Waals surface area contributed by atoms with Crippen LogP contribution < -0.4 is 0 Å². The number of imidazole rings is 1. The van der Waals surface area contributed by atoms with E-state index in [-0.39, 0.29) is 5.84 Å². The molecule has 0 unspecified atom stereocenters. The molecule has 0 saturated carbocycles. The lowest BCUT2D eigenvalue weighted by Gasteiger charge is -2.14. The largest absolute Gasteiger partial charge is 0.292 e. The average molecular weight is 812 g/mol. The lowest BCUT2D eigenvalue weighted by Crippen LogP contribution is -2.07. The van der Waals surface area contributed by atoms with E-state index in [9.17, 15) is 5.41 Å². The number of aliphatic imine (C=N–C) groups is 2. The first kappa shape index (κ1) is 38.4. The predicted octanol–water partition coefficient (Wildman–Crippen LogP) is 11.8. The van der Waals surface area contributed by atoms with E-state index in [1.54, 1.807) is 12.4 Å². The third-order valence-electron chi connectivity index (χ3n) is 10.5. The fraction of sp³-hybridized carbons (Fsp3) is 0. The Morgan fingerprint density at radius 3 is 1.75 bits per heavy atom. The fourth-order valence-electron chi connectivity index (χ4n) is 7.40. The van der Waals surface area contributed by atoms with Crippen LogP contribution in [0.2, 0.25) is 0 Å². The third kappa shape index (κ3) is 8.35. The lowest BCUT2D eigenvalue weighted by molar-refractivity contribution is 1.07. The molecule has 0 bridgehead atoms. The number of rotatable bonds is 9. The van der Waals surface area contributed by atoms with Gasteiger partial charge in [0, 0.05) is 63.2 Å². The van der Waals surface area contributed by atoms with Gasteiger partial charge in [-0.05, 0) is 59.7 Å². The Hall–Kier alpha value is -8.82. The Labute approximate surface area is 364 Å². The first-order chi connectivity index (χ1) is 31.1. The second-order valence-electron chi connectivity index (χ2n) is 14.7. The molecule has 10 rings (SSSR count). The molecule has 298 valence electrons. The van der Waals surface area contributed by atoms with Crippen LogP contribution in [0.3, 0.4) is 0 Å². The number of amidine groups is 2. The van der Waals surface area contributed by atoms with E-state index in [0.717, 1.165) is 50.1 Å². The van der Waals surface area contributed by atoms with E-state index in [2.05, 4.69) is 52.0 Å². The van der Waals surface area contributed by atoms with Crippen molar-refractivity contribution in [3.8, 4) is 62.4 Å². The Bertz CT molecular complexity index is 3220. The highest BCUT2D eigenvalue weighted by Gasteiger charge is 2.20. The van der Waals surface area contributed by atoms with Gasteiger partial charge >= 0.3 is 0 Å². The third-order valence-corrected chi connectivity index (χ3v) is 10.5. The van der Waals surface area contributed by atoms with Crippen LogP contribution in [-0.2, 0) is 0 Å². The number of para-hydroxylation sites is 2. The fourth-order valence-corrected chi connectivity index (χ4v) is 7.40. The molecule has 1 N–H and O–H groups in total. The van der Waals surface area contributed by atoms with Crippen molar-refractivity contribution in [2.24, 2.45) is 9.98 Å². The second-order valence-corrected chi connectivity index (χ2v) is 14.7. The van der Waals surface area contributed by atoms with Gasteiger partial charge in [0.2, 0.25) is 0 Å². The summed E-state index contributed by atoms with van der Waals surface area (Å²) in [6, 6.07) is 65.7. The second kappa shape index (κ2) is 17.4. The topological polar surface area (TPSA) is 118 Å². The Morgan fingerprint density at radius 1 is 0.476 bits per heavy atom. The van der Waals surface area contributed by atoms with Gasteiger partial charge in [-0.3, -0.25) is 15.0 Å². The van der Waals surface area contributed by atoms with Crippen molar-refractivity contribution >= 4 is 28.9 Å². The molecule has 7 aromatic carbocycles. The van der Waals surface area contributed by atoms with Gasteiger partial charge in [-0.15, -0.1) is 0 Å². The van der Waals surface area contributed by atoms with Gasteiger partial charge in [0.25, 0.3) is 0 Å². The standard InChI is InChI=1S/C54H37N9/c55-49(38-19-7-2-8-20-38)59-50(57-35-37-17-5-1-6-18-37)43-31-44(53-61-51(39-21-9-3-10-22-39)60-52(62-53)40-23-11-4-12-24-40)33-45(32-43)54-58-47-28-13-14-29-48(47)63(54)46-27-15-25-41(34-46)42-26-16-30-56-36-42/h1-36,55H. The van der Waals surface area contributed by atoms with Crippen LogP contribution in [0.15, 0.2) is 223 Å². The van der Waals surface area contributed by atoms with Crippen LogP contribution in [-0.4, -0.2) is 47.4 Å². The molecule has 0 fully saturated rings. The highest BCUT2D eigenvalue weighted by Crippen LogP contribution is 2.34. The van der Waals surface area contributed by atoms with Crippen molar-refractivity contribution in [1.29, 1.82) is 5.41 Å². The average Bonchev–Trinajstić information content (AvgIpc) is 3.76. The summed E-state index contributed by atoms with van der Waals surface area (Å²) < 4.78 is 2.17. The summed E-state index contributed by atoms with van der Waals surface area (Å²) in [6.07, 6.45) is 5.42. The van der Waals surface area contributed by atoms with E-state index in [4.69, 9.17) is 29.9 Å². The molecule has 0 aliphatic rings. The molecule has 0 aliphatic heterocycles. The number of nitrogens with zero attached hydrogens (tertiary/aromatic N) is 8. The van der Waals surface area contributed by atoms with E-state index in [1.165, 1.54) is 0 Å². The first-order valence-corrected chi connectivity index (χ1v) is 20.5. The normalized spacial score (nSPS) is 11.6. The molecule has 3 heterocycles. The molecule has 9 heteroatoms. The minimum absolute atomic E-state index is 0.0695. The van der Waals surface area contributed by atoms with Crippen molar-refractivity contribution in [3.63, 3.8) is 0 Å². The molecular formula is C54H37N9. The summed E-state index contributed by atoms with van der Waals surface area (Å²) in [5, 5.41) is 9.17. The number of aromatic nitrogens is 6. The number of nitrogens with one attached hydrogen (secondary N) is 1. The Morgan fingerprint density at radius 2 is 1.06 bits per heavy atom. The van der Waals surface area contributed by atoms with Crippen molar-refractivity contribution in [3.05, 3.63) is 229 Å². The van der Waals surface area contributed by atoms with Crippen LogP contribution in [0.1, 0.15) is 16.7 Å². The molecular weight excluding hydrogens is 775 g/mol. The molecule has 0 spiro atoms. The SMILES string of the molecule is N=C(N=C(N=Cc1ccccc1)c1cc(-c2nc(-c3ccccc3)nc(-c3ccccc3)n2)cc(-c2nc3ccccc3n2-c2cccc(-c3cccnc3)c2)c1)c1ccccc1. The van der Waals surface area contributed by atoms with Crippen LogP contribution in [0.4, 0.5) is 0 Å². The summed E-state index contributed by atoms with van der Waals surface area (Å²) in [4.78, 5) is 34.8. The van der Waals surface area contributed by atoms with E-state index < -0.39 is 0 Å². The molecule has 0 amide bonds. The minimum Gasteiger partial charge on any atom is -0.292 e. The van der Waals surface area contributed by atoms with Gasteiger partial charge in [0.15, 0.2) is 29.1 Å². The van der Waals surface area contributed by atoms with Gasteiger partial charge in [-0.2, -0.15) is 0 Å². The number of fused-ring (bicyclic) bond motifs is 1. The van der Waals surface area contributed by atoms with E-state index in [1.807, 2.05) is 164 Å². The van der Waals surface area contributed by atoms with Gasteiger partial charge in [-0.1, -0.05) is 152 Å². The summed E-state index contributed by atoms with van der Waals surface area (Å²) in [7, 11) is 0. The molecule has 10 aromatic rings. The van der Waals surface area contributed by atoms with Crippen LogP contribution in [0.5, 0.6) is 0 Å². The summed E-state index contributed by atoms with van der Waals surface area (Å²) in [6.45, 7) is 0.